The molecule has 10 nitrogen and oxygen atoms in total. The molecule has 0 aliphatic carbocycles. The number of aromatic nitrogens is 2. The minimum absolute atomic E-state index is 0.391. The monoisotopic (exact) mass is 654 g/mol. The van der Waals surface area contributed by atoms with Crippen molar-refractivity contribution in [2.24, 2.45) is 0 Å². The van der Waals surface area contributed by atoms with Crippen molar-refractivity contribution in [3.05, 3.63) is 41.0 Å². The molecule has 0 spiro atoms. The standard InChI is InChI=1S/C33H44ClN6O4P/c1-6-42-23-11-14-40(20-23)22-9-12-39(13-10-22)27-18-29(41-3)26(17-21(27)2)37-33-35-19-24(34)32(38-33)36-25-7-8-28-30(31(25)45(4)5)44-16-15-43-28/h7-8,17-19,22-23H,6,9-16,20H2,1-5H3,(H2,35,36,37,38)/t23-/m1/s1. The molecule has 4 heterocycles. The number of hydrogen-bond acceptors (Lipinski definition) is 10. The second-order valence-electron chi connectivity index (χ2n) is 11.9. The molecule has 2 fully saturated rings. The number of likely N-dealkylation sites (tertiary alicyclic amines) is 1. The lowest BCUT2D eigenvalue weighted by Crippen LogP contribution is -2.44. The molecular formula is C33H44ClN6O4P. The van der Waals surface area contributed by atoms with Gasteiger partial charge in [0, 0.05) is 55.9 Å². The number of piperidine rings is 1. The van der Waals surface area contributed by atoms with Gasteiger partial charge < -0.3 is 34.5 Å². The second kappa shape index (κ2) is 14.2. The van der Waals surface area contributed by atoms with Crippen LogP contribution in [0.1, 0.15) is 31.7 Å². The molecule has 6 rings (SSSR count). The summed E-state index contributed by atoms with van der Waals surface area (Å²) in [5.74, 6) is 3.22. The van der Waals surface area contributed by atoms with Gasteiger partial charge in [-0.15, -0.1) is 0 Å². The minimum atomic E-state index is -0.510. The Bertz CT molecular complexity index is 1500. The van der Waals surface area contributed by atoms with Crippen LogP contribution in [0.25, 0.3) is 0 Å². The highest BCUT2D eigenvalue weighted by Gasteiger charge is 2.31. The van der Waals surface area contributed by atoms with Gasteiger partial charge in [0.2, 0.25) is 5.95 Å². The first-order valence-corrected chi connectivity index (χ1v) is 18.4. The highest BCUT2D eigenvalue weighted by atomic mass is 35.5. The summed E-state index contributed by atoms with van der Waals surface area (Å²) in [6, 6.07) is 8.78. The molecule has 0 saturated carbocycles. The number of anilines is 5. The van der Waals surface area contributed by atoms with Gasteiger partial charge in [0.25, 0.3) is 0 Å². The number of benzene rings is 2. The summed E-state index contributed by atoms with van der Waals surface area (Å²) in [5.41, 5.74) is 4.06. The van der Waals surface area contributed by atoms with Crippen LogP contribution in [0.3, 0.4) is 0 Å². The average Bonchev–Trinajstić information content (AvgIpc) is 3.51. The Morgan fingerprint density at radius 1 is 1.04 bits per heavy atom. The third-order valence-corrected chi connectivity index (χ3v) is 10.4. The van der Waals surface area contributed by atoms with Crippen molar-refractivity contribution in [2.75, 3.05) is 82.0 Å². The maximum absolute atomic E-state index is 6.58. The number of ether oxygens (including phenoxy) is 4. The first-order valence-electron chi connectivity index (χ1n) is 15.8. The van der Waals surface area contributed by atoms with Gasteiger partial charge >= 0.3 is 0 Å². The van der Waals surface area contributed by atoms with Gasteiger partial charge in [0.05, 0.1) is 30.8 Å². The Hall–Kier alpha value is -3.04. The minimum Gasteiger partial charge on any atom is -0.494 e. The third kappa shape index (κ3) is 7.04. The predicted octanol–water partition coefficient (Wildman–Crippen LogP) is 6.15. The Balaban J connectivity index is 1.16. The predicted molar refractivity (Wildman–Crippen MR) is 184 cm³/mol. The van der Waals surface area contributed by atoms with Crippen molar-refractivity contribution >= 4 is 53.7 Å². The van der Waals surface area contributed by atoms with Crippen molar-refractivity contribution in [1.29, 1.82) is 0 Å². The van der Waals surface area contributed by atoms with E-state index in [0.717, 1.165) is 86.0 Å². The number of halogens is 1. The van der Waals surface area contributed by atoms with Gasteiger partial charge in [-0.3, -0.25) is 4.90 Å². The average molecular weight is 655 g/mol. The molecule has 3 aliphatic rings. The van der Waals surface area contributed by atoms with Crippen LogP contribution in [0.2, 0.25) is 5.02 Å². The van der Waals surface area contributed by atoms with Crippen LogP contribution >= 0.6 is 19.5 Å². The van der Waals surface area contributed by atoms with Crippen LogP contribution in [0.4, 0.5) is 28.8 Å². The zero-order valence-electron chi connectivity index (χ0n) is 26.9. The summed E-state index contributed by atoms with van der Waals surface area (Å²) in [7, 11) is 1.19. The number of methoxy groups -OCH3 is 1. The quantitative estimate of drug-likeness (QED) is 0.248. The summed E-state index contributed by atoms with van der Waals surface area (Å²) < 4.78 is 23.6. The van der Waals surface area contributed by atoms with Crippen molar-refractivity contribution in [2.45, 2.75) is 45.3 Å². The third-order valence-electron chi connectivity index (χ3n) is 8.79. The van der Waals surface area contributed by atoms with E-state index < -0.39 is 7.92 Å². The molecule has 2 saturated heterocycles. The molecule has 2 aromatic carbocycles. The zero-order chi connectivity index (χ0) is 31.5. The molecule has 3 aromatic rings. The fraction of sp³-hybridized carbons (Fsp3) is 0.515. The summed E-state index contributed by atoms with van der Waals surface area (Å²) in [6.45, 7) is 14.7. The number of hydrogen-bond donors (Lipinski definition) is 2. The molecule has 12 heteroatoms. The fourth-order valence-corrected chi connectivity index (χ4v) is 7.95. The molecule has 0 unspecified atom stereocenters. The highest BCUT2D eigenvalue weighted by Crippen LogP contribution is 2.42. The number of aryl methyl sites for hydroxylation is 1. The molecule has 2 N–H and O–H groups in total. The van der Waals surface area contributed by atoms with Crippen molar-refractivity contribution < 1.29 is 18.9 Å². The molecule has 1 atom stereocenters. The summed E-state index contributed by atoms with van der Waals surface area (Å²) in [4.78, 5) is 14.3. The first kappa shape index (κ1) is 31.9. The lowest BCUT2D eigenvalue weighted by Gasteiger charge is -2.38. The maximum Gasteiger partial charge on any atom is 0.229 e. The molecular weight excluding hydrogens is 611 g/mol. The van der Waals surface area contributed by atoms with Gasteiger partial charge in [0.1, 0.15) is 24.0 Å². The summed E-state index contributed by atoms with van der Waals surface area (Å²) in [5, 5.41) is 8.30. The lowest BCUT2D eigenvalue weighted by molar-refractivity contribution is 0.0626. The SMILES string of the molecule is CCO[C@@H]1CCN(C2CCN(c3cc(OC)c(Nc4ncc(Cl)c(Nc5ccc6c(c5P(C)C)OCCO6)n4)cc3C)CC2)C1. The van der Waals surface area contributed by atoms with Crippen LogP contribution in [0, 0.1) is 6.92 Å². The highest BCUT2D eigenvalue weighted by molar-refractivity contribution is 7.64. The summed E-state index contributed by atoms with van der Waals surface area (Å²) >= 11 is 6.58. The lowest BCUT2D eigenvalue weighted by atomic mass is 10.0. The molecule has 0 bridgehead atoms. The molecule has 45 heavy (non-hydrogen) atoms. The van der Waals surface area contributed by atoms with E-state index in [1.807, 2.05) is 12.1 Å². The van der Waals surface area contributed by atoms with Gasteiger partial charge in [-0.2, -0.15) is 4.98 Å². The maximum atomic E-state index is 6.58. The Kier molecular flexibility index (Phi) is 10.0. The molecule has 3 aliphatic heterocycles. The normalized spacial score (nSPS) is 18.8. The molecule has 1 aromatic heterocycles. The van der Waals surface area contributed by atoms with Crippen molar-refractivity contribution in [3.8, 4) is 17.2 Å². The van der Waals surface area contributed by atoms with Gasteiger partial charge in [-0.25, -0.2) is 4.98 Å². The van der Waals surface area contributed by atoms with Crippen LogP contribution in [0.15, 0.2) is 30.5 Å². The number of nitrogens with one attached hydrogen (secondary N) is 2. The van der Waals surface area contributed by atoms with E-state index in [-0.39, 0.29) is 0 Å². The second-order valence-corrected chi connectivity index (χ2v) is 14.6. The van der Waals surface area contributed by atoms with Crippen molar-refractivity contribution in [1.82, 2.24) is 14.9 Å². The van der Waals surface area contributed by atoms with E-state index in [1.165, 1.54) is 11.3 Å². The largest absolute Gasteiger partial charge is 0.494 e. The van der Waals surface area contributed by atoms with Crippen LogP contribution in [-0.2, 0) is 4.74 Å². The number of fused-ring (bicyclic) bond motifs is 1. The van der Waals surface area contributed by atoms with E-state index in [2.05, 4.69) is 64.7 Å². The van der Waals surface area contributed by atoms with Crippen LogP contribution < -0.4 is 35.0 Å². The van der Waals surface area contributed by atoms with Gasteiger partial charge in [-0.05, 0) is 70.2 Å². The molecule has 0 amide bonds. The van der Waals surface area contributed by atoms with E-state index in [0.29, 0.717) is 42.1 Å². The first-order chi connectivity index (χ1) is 21.8. The smallest absolute Gasteiger partial charge is 0.229 e. The topological polar surface area (TPSA) is 93.2 Å². The Morgan fingerprint density at radius 3 is 2.60 bits per heavy atom. The number of nitrogens with zero attached hydrogens (tertiary/aromatic N) is 4. The Labute approximate surface area is 272 Å². The molecule has 0 radical (unpaired) electrons. The van der Waals surface area contributed by atoms with Gasteiger partial charge in [0.15, 0.2) is 17.3 Å². The molecule has 242 valence electrons. The van der Waals surface area contributed by atoms with Crippen molar-refractivity contribution in [3.63, 3.8) is 0 Å². The van der Waals surface area contributed by atoms with Crippen LogP contribution in [-0.4, -0.2) is 93.5 Å². The van der Waals surface area contributed by atoms with Gasteiger partial charge in [-0.1, -0.05) is 19.5 Å². The number of rotatable bonds is 10. The van der Waals surface area contributed by atoms with E-state index in [1.54, 1.807) is 13.3 Å². The summed E-state index contributed by atoms with van der Waals surface area (Å²) in [6.07, 6.45) is 5.44. The van der Waals surface area contributed by atoms with E-state index in [9.17, 15) is 0 Å². The fourth-order valence-electron chi connectivity index (χ4n) is 6.62. The zero-order valence-corrected chi connectivity index (χ0v) is 28.5. The van der Waals surface area contributed by atoms with E-state index in [4.69, 9.17) is 35.5 Å². The van der Waals surface area contributed by atoms with Crippen LogP contribution in [0.5, 0.6) is 17.2 Å². The van der Waals surface area contributed by atoms with E-state index >= 15 is 0 Å². The Morgan fingerprint density at radius 2 is 1.84 bits per heavy atom.